The van der Waals surface area contributed by atoms with E-state index in [1.165, 1.54) is 11.9 Å². The van der Waals surface area contributed by atoms with Crippen LogP contribution in [0.1, 0.15) is 22.3 Å². The number of halogens is 1. The fourth-order valence-electron chi connectivity index (χ4n) is 4.28. The molecule has 0 radical (unpaired) electrons. The molecule has 0 saturated heterocycles. The number of likely N-dealkylation sites (N-methyl/N-ethyl adjacent to an activating group) is 1. The van der Waals surface area contributed by atoms with Gasteiger partial charge in [0, 0.05) is 24.5 Å². The van der Waals surface area contributed by atoms with Crippen LogP contribution in [0.15, 0.2) is 77.3 Å². The Morgan fingerprint density at radius 3 is 2.03 bits per heavy atom. The second-order valence-corrected chi connectivity index (χ2v) is 11.8. The zero-order chi connectivity index (χ0) is 27.2. The first-order valence-corrected chi connectivity index (χ1v) is 14.5. The fourth-order valence-corrected chi connectivity index (χ4v) is 5.51. The molecule has 0 aliphatic rings. The van der Waals surface area contributed by atoms with Gasteiger partial charge in [-0.2, -0.15) is 0 Å². The van der Waals surface area contributed by atoms with Gasteiger partial charge in [0.1, 0.15) is 12.6 Å². The standard InChI is InChI=1S/C28H32BrN3O4S/c1-20-9-8-10-21(2)27(20)32(37(4,35)36)19-26(33)31(18-23-13-15-24(29)16-14-23)25(28(34)30-3)17-22-11-6-5-7-12-22/h5-16,25H,17-19H2,1-4H3,(H,30,34)/t25-/m1/s1. The van der Waals surface area contributed by atoms with Crippen LogP contribution in [0.25, 0.3) is 0 Å². The minimum Gasteiger partial charge on any atom is -0.357 e. The third kappa shape index (κ3) is 7.42. The summed E-state index contributed by atoms with van der Waals surface area (Å²) in [5.74, 6) is -0.798. The van der Waals surface area contributed by atoms with Gasteiger partial charge in [-0.25, -0.2) is 8.42 Å². The summed E-state index contributed by atoms with van der Waals surface area (Å²) in [6.45, 7) is 3.34. The fraction of sp³-hybridized carbons (Fsp3) is 0.286. The number of sulfonamides is 1. The van der Waals surface area contributed by atoms with E-state index in [1.807, 2.05) is 86.6 Å². The van der Waals surface area contributed by atoms with E-state index in [1.54, 1.807) is 0 Å². The highest BCUT2D eigenvalue weighted by molar-refractivity contribution is 9.10. The third-order valence-corrected chi connectivity index (χ3v) is 7.79. The molecule has 3 aromatic rings. The number of nitrogens with zero attached hydrogens (tertiary/aromatic N) is 2. The summed E-state index contributed by atoms with van der Waals surface area (Å²) in [5.41, 5.74) is 3.66. The van der Waals surface area contributed by atoms with Crippen LogP contribution in [0.3, 0.4) is 0 Å². The van der Waals surface area contributed by atoms with Gasteiger partial charge < -0.3 is 10.2 Å². The van der Waals surface area contributed by atoms with Crippen LogP contribution < -0.4 is 9.62 Å². The lowest BCUT2D eigenvalue weighted by atomic mass is 10.0. The molecule has 0 saturated carbocycles. The molecule has 0 spiro atoms. The van der Waals surface area contributed by atoms with Crippen LogP contribution in [0.2, 0.25) is 0 Å². The van der Waals surface area contributed by atoms with Crippen LogP contribution >= 0.6 is 15.9 Å². The summed E-state index contributed by atoms with van der Waals surface area (Å²) < 4.78 is 27.8. The highest BCUT2D eigenvalue weighted by atomic mass is 79.9. The predicted octanol–water partition coefficient (Wildman–Crippen LogP) is 4.22. The van der Waals surface area contributed by atoms with E-state index in [9.17, 15) is 18.0 Å². The molecule has 7 nitrogen and oxygen atoms in total. The molecule has 2 amide bonds. The molecule has 3 rings (SSSR count). The molecule has 196 valence electrons. The summed E-state index contributed by atoms with van der Waals surface area (Å²) in [6.07, 6.45) is 1.37. The number of aryl methyl sites for hydroxylation is 2. The Labute approximate surface area is 227 Å². The summed E-state index contributed by atoms with van der Waals surface area (Å²) in [6, 6.07) is 21.5. The molecule has 9 heteroatoms. The molecular formula is C28H32BrN3O4S. The van der Waals surface area contributed by atoms with E-state index in [-0.39, 0.29) is 18.9 Å². The van der Waals surface area contributed by atoms with Crippen molar-refractivity contribution in [1.82, 2.24) is 10.2 Å². The van der Waals surface area contributed by atoms with Crippen LogP contribution in [0, 0.1) is 13.8 Å². The number of hydrogen-bond donors (Lipinski definition) is 1. The van der Waals surface area contributed by atoms with Gasteiger partial charge >= 0.3 is 0 Å². The SMILES string of the molecule is CNC(=O)[C@@H](Cc1ccccc1)N(Cc1ccc(Br)cc1)C(=O)CN(c1c(C)cccc1C)S(C)(=O)=O. The Morgan fingerprint density at radius 2 is 1.49 bits per heavy atom. The molecule has 37 heavy (non-hydrogen) atoms. The second kappa shape index (κ2) is 12.4. The normalized spacial score (nSPS) is 12.0. The van der Waals surface area contributed by atoms with Crippen LogP contribution in [0.4, 0.5) is 5.69 Å². The van der Waals surface area contributed by atoms with Gasteiger partial charge in [-0.05, 0) is 48.2 Å². The number of carbonyl (C=O) groups excluding carboxylic acids is 2. The Balaban J connectivity index is 2.06. The lowest BCUT2D eigenvalue weighted by molar-refractivity contribution is -0.139. The van der Waals surface area contributed by atoms with E-state index in [0.717, 1.165) is 37.3 Å². The van der Waals surface area contributed by atoms with Crippen LogP contribution in [0.5, 0.6) is 0 Å². The topological polar surface area (TPSA) is 86.8 Å². The number of para-hydroxylation sites is 1. The number of hydrogen-bond acceptors (Lipinski definition) is 4. The van der Waals surface area contributed by atoms with E-state index in [4.69, 9.17) is 0 Å². The van der Waals surface area contributed by atoms with E-state index in [0.29, 0.717) is 5.69 Å². The van der Waals surface area contributed by atoms with Crippen molar-refractivity contribution in [2.24, 2.45) is 0 Å². The maximum atomic E-state index is 14.0. The smallest absolute Gasteiger partial charge is 0.244 e. The number of carbonyl (C=O) groups is 2. The average Bonchev–Trinajstić information content (AvgIpc) is 2.86. The van der Waals surface area contributed by atoms with E-state index < -0.39 is 28.5 Å². The van der Waals surface area contributed by atoms with Crippen LogP contribution in [-0.4, -0.2) is 51.0 Å². The van der Waals surface area contributed by atoms with Crippen molar-refractivity contribution in [2.45, 2.75) is 32.9 Å². The lowest BCUT2D eigenvalue weighted by Crippen LogP contribution is -2.53. The lowest BCUT2D eigenvalue weighted by Gasteiger charge is -2.34. The van der Waals surface area contributed by atoms with Gasteiger partial charge in [0.25, 0.3) is 0 Å². The number of anilines is 1. The molecule has 0 aliphatic heterocycles. The van der Waals surface area contributed by atoms with Crippen molar-refractivity contribution in [1.29, 1.82) is 0 Å². The number of rotatable bonds is 10. The Morgan fingerprint density at radius 1 is 0.892 bits per heavy atom. The van der Waals surface area contributed by atoms with Gasteiger partial charge in [0.2, 0.25) is 21.8 Å². The van der Waals surface area contributed by atoms with Crippen molar-refractivity contribution in [2.75, 3.05) is 24.2 Å². The molecule has 0 fully saturated rings. The Kier molecular flexibility index (Phi) is 9.50. The molecule has 1 N–H and O–H groups in total. The average molecular weight is 587 g/mol. The molecule has 1 atom stereocenters. The first kappa shape index (κ1) is 28.4. The minimum atomic E-state index is -3.80. The van der Waals surface area contributed by atoms with E-state index >= 15 is 0 Å². The van der Waals surface area contributed by atoms with Gasteiger partial charge in [-0.15, -0.1) is 0 Å². The van der Waals surface area contributed by atoms with Gasteiger partial charge in [0.15, 0.2) is 0 Å². The third-order valence-electron chi connectivity index (χ3n) is 6.15. The van der Waals surface area contributed by atoms with Gasteiger partial charge in [-0.3, -0.25) is 13.9 Å². The first-order chi connectivity index (χ1) is 17.5. The first-order valence-electron chi connectivity index (χ1n) is 11.8. The predicted molar refractivity (Wildman–Crippen MR) is 151 cm³/mol. The highest BCUT2D eigenvalue weighted by Crippen LogP contribution is 2.27. The molecule has 0 bridgehead atoms. The summed E-state index contributed by atoms with van der Waals surface area (Å²) >= 11 is 3.42. The van der Waals surface area contributed by atoms with E-state index in [2.05, 4.69) is 21.2 Å². The zero-order valence-electron chi connectivity index (χ0n) is 21.4. The number of benzene rings is 3. The molecule has 0 unspecified atom stereocenters. The monoisotopic (exact) mass is 585 g/mol. The molecule has 3 aromatic carbocycles. The highest BCUT2D eigenvalue weighted by Gasteiger charge is 2.33. The largest absolute Gasteiger partial charge is 0.357 e. The maximum Gasteiger partial charge on any atom is 0.244 e. The van der Waals surface area contributed by atoms with Gasteiger partial charge in [-0.1, -0.05) is 76.6 Å². The quantitative estimate of drug-likeness (QED) is 0.386. The van der Waals surface area contributed by atoms with Crippen molar-refractivity contribution >= 4 is 43.5 Å². The molecule has 0 heterocycles. The Hall–Kier alpha value is -3.17. The maximum absolute atomic E-state index is 14.0. The van der Waals surface area contributed by atoms with Crippen molar-refractivity contribution in [3.05, 3.63) is 99.5 Å². The van der Waals surface area contributed by atoms with Gasteiger partial charge in [0.05, 0.1) is 11.9 Å². The number of amides is 2. The Bertz CT molecular complexity index is 1330. The summed E-state index contributed by atoms with van der Waals surface area (Å²) in [4.78, 5) is 28.5. The minimum absolute atomic E-state index is 0.140. The second-order valence-electron chi connectivity index (χ2n) is 8.98. The van der Waals surface area contributed by atoms with Crippen molar-refractivity contribution in [3.8, 4) is 0 Å². The summed E-state index contributed by atoms with van der Waals surface area (Å²) in [5, 5.41) is 2.68. The van der Waals surface area contributed by atoms with Crippen LogP contribution in [-0.2, 0) is 32.6 Å². The van der Waals surface area contributed by atoms with Crippen molar-refractivity contribution in [3.63, 3.8) is 0 Å². The zero-order valence-corrected chi connectivity index (χ0v) is 23.8. The summed E-state index contributed by atoms with van der Waals surface area (Å²) in [7, 11) is -2.27. The number of nitrogens with one attached hydrogen (secondary N) is 1. The van der Waals surface area contributed by atoms with Crippen molar-refractivity contribution < 1.29 is 18.0 Å². The molecule has 0 aromatic heterocycles. The molecule has 0 aliphatic carbocycles. The molecular weight excluding hydrogens is 554 g/mol.